The van der Waals surface area contributed by atoms with Crippen LogP contribution in [0.5, 0.6) is 0 Å². The van der Waals surface area contributed by atoms with E-state index in [0.717, 1.165) is 51.5 Å². The van der Waals surface area contributed by atoms with Crippen molar-refractivity contribution < 1.29 is 19.1 Å². The van der Waals surface area contributed by atoms with Crippen molar-refractivity contribution in [3.8, 4) is 0 Å². The van der Waals surface area contributed by atoms with Crippen molar-refractivity contribution in [1.29, 1.82) is 0 Å². The minimum atomic E-state index is -0.512. The van der Waals surface area contributed by atoms with Gasteiger partial charge in [0.2, 0.25) is 0 Å². The molecule has 6 nitrogen and oxygen atoms in total. The van der Waals surface area contributed by atoms with E-state index < -0.39 is 6.09 Å². The predicted octanol–water partition coefficient (Wildman–Crippen LogP) is 5.82. The van der Waals surface area contributed by atoms with Crippen LogP contribution < -0.4 is 0 Å². The molecule has 0 fully saturated rings. The zero-order valence-electron chi connectivity index (χ0n) is 20.4. The lowest BCUT2D eigenvalue weighted by Gasteiger charge is -2.14. The molecule has 0 aromatic heterocycles. The van der Waals surface area contributed by atoms with Crippen molar-refractivity contribution in [3.63, 3.8) is 0 Å². The largest absolute Gasteiger partial charge is 0.449 e. The summed E-state index contributed by atoms with van der Waals surface area (Å²) in [5.74, 6) is 0.141. The number of allylic oxidation sites excluding steroid dienone is 6. The molecule has 0 aromatic carbocycles. The van der Waals surface area contributed by atoms with Crippen molar-refractivity contribution in [3.05, 3.63) is 48.9 Å². The molecule has 180 valence electrons. The van der Waals surface area contributed by atoms with Crippen LogP contribution in [0.1, 0.15) is 71.6 Å². The van der Waals surface area contributed by atoms with E-state index in [1.54, 1.807) is 24.3 Å². The van der Waals surface area contributed by atoms with Crippen molar-refractivity contribution in [2.24, 2.45) is 0 Å². The molecule has 0 aliphatic carbocycles. The molecule has 0 spiro atoms. The summed E-state index contributed by atoms with van der Waals surface area (Å²) in [5, 5.41) is 0. The molecule has 0 aliphatic rings. The molecular formula is C26H42N2O4. The van der Waals surface area contributed by atoms with Gasteiger partial charge >= 0.3 is 6.09 Å². The average molecular weight is 447 g/mol. The average Bonchev–Trinajstić information content (AvgIpc) is 2.75. The Hall–Kier alpha value is -2.47. The molecule has 0 N–H and O–H groups in total. The number of amides is 1. The van der Waals surface area contributed by atoms with Crippen LogP contribution in [-0.4, -0.2) is 54.7 Å². The van der Waals surface area contributed by atoms with Crippen molar-refractivity contribution in [1.82, 2.24) is 9.80 Å². The molecule has 0 bridgehead atoms. The molecule has 32 heavy (non-hydrogen) atoms. The summed E-state index contributed by atoms with van der Waals surface area (Å²) in [6.07, 6.45) is 19.9. The molecular weight excluding hydrogens is 404 g/mol. The van der Waals surface area contributed by atoms with Crippen molar-refractivity contribution in [2.75, 3.05) is 27.2 Å². The second kappa shape index (κ2) is 20.4. The quantitative estimate of drug-likeness (QED) is 0.151. The van der Waals surface area contributed by atoms with Gasteiger partial charge in [-0.25, -0.2) is 4.79 Å². The number of ether oxygens (including phenoxy) is 1. The zero-order valence-corrected chi connectivity index (χ0v) is 20.4. The Balaban J connectivity index is 4.85. The molecule has 0 atom stereocenters. The van der Waals surface area contributed by atoms with Gasteiger partial charge in [-0.05, 0) is 57.7 Å². The number of ketones is 2. The first-order valence-corrected chi connectivity index (χ1v) is 11.8. The fraction of sp³-hybridized carbons (Fsp3) is 0.577. The van der Waals surface area contributed by atoms with Crippen LogP contribution in [0.4, 0.5) is 4.79 Å². The van der Waals surface area contributed by atoms with Crippen LogP contribution in [0.2, 0.25) is 0 Å². The molecule has 6 heteroatoms. The Bertz CT molecular complexity index is 606. The lowest BCUT2D eigenvalue weighted by molar-refractivity contribution is -0.115. The molecule has 1 amide bonds. The Kier molecular flexibility index (Phi) is 18.9. The SMILES string of the molecule is CCCCCC(=O)C=CC=CN(C=CC=CC(=O)CCCCC)C(=O)OCCCN(C)C. The van der Waals surface area contributed by atoms with Crippen LogP contribution in [-0.2, 0) is 14.3 Å². The Labute approximate surface area is 194 Å². The molecule has 0 radical (unpaired) electrons. The first-order chi connectivity index (χ1) is 15.4. The second-order valence-corrected chi connectivity index (χ2v) is 7.93. The maximum Gasteiger partial charge on any atom is 0.417 e. The monoisotopic (exact) mass is 446 g/mol. The van der Waals surface area contributed by atoms with Gasteiger partial charge in [0.1, 0.15) is 0 Å². The molecule has 0 aliphatic heterocycles. The van der Waals surface area contributed by atoms with Crippen LogP contribution >= 0.6 is 0 Å². The number of rotatable bonds is 18. The van der Waals surface area contributed by atoms with Crippen molar-refractivity contribution in [2.45, 2.75) is 71.6 Å². The third-order valence-corrected chi connectivity index (χ3v) is 4.52. The first-order valence-electron chi connectivity index (χ1n) is 11.8. The molecule has 0 heterocycles. The summed E-state index contributed by atoms with van der Waals surface area (Å²) in [4.78, 5) is 39.3. The second-order valence-electron chi connectivity index (χ2n) is 7.93. The fourth-order valence-corrected chi connectivity index (χ4v) is 2.66. The molecule has 0 saturated heterocycles. The number of nitrogens with zero attached hydrogens (tertiary/aromatic N) is 2. The van der Waals surface area contributed by atoms with Gasteiger partial charge in [0, 0.05) is 31.8 Å². The summed E-state index contributed by atoms with van der Waals surface area (Å²) >= 11 is 0. The Morgan fingerprint density at radius 2 is 1.22 bits per heavy atom. The third kappa shape index (κ3) is 18.3. The van der Waals surface area contributed by atoms with Gasteiger partial charge in [0.15, 0.2) is 11.6 Å². The number of unbranched alkanes of at least 4 members (excludes halogenated alkanes) is 4. The fourth-order valence-electron chi connectivity index (χ4n) is 2.66. The zero-order chi connectivity index (χ0) is 24.0. The summed E-state index contributed by atoms with van der Waals surface area (Å²) in [7, 11) is 3.93. The van der Waals surface area contributed by atoms with E-state index >= 15 is 0 Å². The number of hydrogen-bond donors (Lipinski definition) is 0. The van der Waals surface area contributed by atoms with Crippen LogP contribution in [0.3, 0.4) is 0 Å². The summed E-state index contributed by atoms with van der Waals surface area (Å²) in [6.45, 7) is 5.34. The maximum absolute atomic E-state index is 12.4. The highest BCUT2D eigenvalue weighted by Gasteiger charge is 2.08. The van der Waals surface area contributed by atoms with E-state index in [9.17, 15) is 14.4 Å². The highest BCUT2D eigenvalue weighted by atomic mass is 16.6. The molecule has 0 saturated carbocycles. The van der Waals surface area contributed by atoms with Crippen molar-refractivity contribution >= 4 is 17.7 Å². The minimum Gasteiger partial charge on any atom is -0.449 e. The number of carbonyl (C=O) groups is 3. The molecule has 0 unspecified atom stereocenters. The molecule has 0 aromatic rings. The summed E-state index contributed by atoms with van der Waals surface area (Å²) in [5.41, 5.74) is 0. The number of carbonyl (C=O) groups excluding carboxylic acids is 3. The van der Waals surface area contributed by atoms with Gasteiger partial charge in [0.05, 0.1) is 6.61 Å². The first kappa shape index (κ1) is 29.5. The summed E-state index contributed by atoms with van der Waals surface area (Å²) < 4.78 is 5.32. The van der Waals surface area contributed by atoms with Crippen LogP contribution in [0.15, 0.2) is 48.9 Å². The normalized spacial score (nSPS) is 12.0. The van der Waals surface area contributed by atoms with E-state index in [0.29, 0.717) is 19.4 Å². The topological polar surface area (TPSA) is 66.9 Å². The Morgan fingerprint density at radius 1 is 0.719 bits per heavy atom. The third-order valence-electron chi connectivity index (χ3n) is 4.52. The van der Waals surface area contributed by atoms with E-state index in [-0.39, 0.29) is 11.6 Å². The standard InChI is InChI=1S/C26H42N2O4/c1-5-7-9-16-24(29)18-11-13-21-28(26(31)32-23-15-20-27(3)4)22-14-12-19-25(30)17-10-8-6-2/h11-14,18-19,21-22H,5-10,15-17,20,23H2,1-4H3. The van der Waals surface area contributed by atoms with Gasteiger partial charge < -0.3 is 9.64 Å². The predicted molar refractivity (Wildman–Crippen MR) is 131 cm³/mol. The lowest BCUT2D eigenvalue weighted by Crippen LogP contribution is -2.23. The van der Waals surface area contributed by atoms with Gasteiger partial charge in [-0.1, -0.05) is 51.7 Å². The smallest absolute Gasteiger partial charge is 0.417 e. The lowest BCUT2D eigenvalue weighted by atomic mass is 10.1. The van der Waals surface area contributed by atoms with E-state index in [1.807, 2.05) is 19.0 Å². The van der Waals surface area contributed by atoms with Crippen LogP contribution in [0.25, 0.3) is 0 Å². The van der Waals surface area contributed by atoms with Gasteiger partial charge in [-0.2, -0.15) is 0 Å². The van der Waals surface area contributed by atoms with Gasteiger partial charge in [-0.3, -0.25) is 14.5 Å². The van der Waals surface area contributed by atoms with E-state index in [1.165, 1.54) is 29.5 Å². The highest BCUT2D eigenvalue weighted by Crippen LogP contribution is 2.03. The minimum absolute atomic E-state index is 0.0703. The van der Waals surface area contributed by atoms with Gasteiger partial charge in [-0.15, -0.1) is 0 Å². The number of hydrogen-bond acceptors (Lipinski definition) is 5. The van der Waals surface area contributed by atoms with Gasteiger partial charge in [0.25, 0.3) is 0 Å². The van der Waals surface area contributed by atoms with E-state index in [2.05, 4.69) is 13.8 Å². The summed E-state index contributed by atoms with van der Waals surface area (Å²) in [6, 6.07) is 0. The van der Waals surface area contributed by atoms with Crippen LogP contribution in [0, 0.1) is 0 Å². The highest BCUT2D eigenvalue weighted by molar-refractivity contribution is 5.90. The molecule has 0 rings (SSSR count). The van der Waals surface area contributed by atoms with E-state index in [4.69, 9.17) is 4.74 Å². The Morgan fingerprint density at radius 3 is 1.66 bits per heavy atom. The maximum atomic E-state index is 12.4.